The van der Waals surface area contributed by atoms with Crippen molar-refractivity contribution in [1.29, 1.82) is 0 Å². The molecular weight excluding hydrogens is 296 g/mol. The second-order valence-corrected chi connectivity index (χ2v) is 4.73. The molecule has 128 valence electrons. The number of aliphatic carboxylic acids is 4. The van der Waals surface area contributed by atoms with Gasteiger partial charge in [0.15, 0.2) is 0 Å². The summed E-state index contributed by atoms with van der Waals surface area (Å²) < 4.78 is 0. The van der Waals surface area contributed by atoms with Gasteiger partial charge in [-0.25, -0.2) is 0 Å². The lowest BCUT2D eigenvalue weighted by atomic mass is 10.1. The van der Waals surface area contributed by atoms with Gasteiger partial charge in [0.05, 0.1) is 0 Å². The first-order chi connectivity index (χ1) is 10.3. The number of hydrogen-bond donors (Lipinski definition) is 4. The quantitative estimate of drug-likeness (QED) is 0.316. The van der Waals surface area contributed by atoms with Gasteiger partial charge in [0, 0.05) is 12.8 Å². The first-order valence-electron chi connectivity index (χ1n) is 7.13. The number of unbranched alkanes of at least 4 members (excludes halogenated alkanes) is 6. The third-order valence-corrected chi connectivity index (χ3v) is 2.58. The lowest BCUT2D eigenvalue weighted by Gasteiger charge is -1.99. The van der Waals surface area contributed by atoms with Crippen LogP contribution in [0.5, 0.6) is 0 Å². The maximum atomic E-state index is 10.2. The van der Waals surface area contributed by atoms with Crippen molar-refractivity contribution in [2.24, 2.45) is 0 Å². The second kappa shape index (κ2) is 15.3. The van der Waals surface area contributed by atoms with Crippen LogP contribution in [-0.2, 0) is 19.2 Å². The Labute approximate surface area is 128 Å². The summed E-state index contributed by atoms with van der Waals surface area (Å²) in [4.78, 5) is 39.2. The first kappa shape index (κ1) is 22.2. The van der Waals surface area contributed by atoms with E-state index < -0.39 is 30.3 Å². The summed E-state index contributed by atoms with van der Waals surface area (Å²) in [6, 6.07) is 0. The average Bonchev–Trinajstić information content (AvgIpc) is 2.35. The molecule has 0 heterocycles. The summed E-state index contributed by atoms with van der Waals surface area (Å²) in [6.45, 7) is 0. The Balaban J connectivity index is 0. The van der Waals surface area contributed by atoms with Gasteiger partial charge in [-0.05, 0) is 12.8 Å². The van der Waals surface area contributed by atoms with Crippen molar-refractivity contribution in [3.05, 3.63) is 0 Å². The SMILES string of the molecule is O=C(O)CC(=O)O.O=C(O)CCCCCCCCCC(=O)O. The van der Waals surface area contributed by atoms with E-state index in [9.17, 15) is 19.2 Å². The molecule has 0 aromatic heterocycles. The second-order valence-electron chi connectivity index (χ2n) is 4.73. The Kier molecular flexibility index (Phi) is 15.4. The van der Waals surface area contributed by atoms with E-state index in [1.807, 2.05) is 0 Å². The molecular formula is C14H24O8. The molecule has 22 heavy (non-hydrogen) atoms. The smallest absolute Gasteiger partial charge is 0.314 e. The van der Waals surface area contributed by atoms with Gasteiger partial charge in [-0.3, -0.25) is 19.2 Å². The molecule has 0 radical (unpaired) electrons. The summed E-state index contributed by atoms with van der Waals surface area (Å²) in [6.07, 6.45) is 6.35. The zero-order chi connectivity index (χ0) is 17.4. The zero-order valence-electron chi connectivity index (χ0n) is 12.5. The maximum absolute atomic E-state index is 10.2. The van der Waals surface area contributed by atoms with Gasteiger partial charge < -0.3 is 20.4 Å². The Bertz CT molecular complexity index is 319. The molecule has 0 atom stereocenters. The molecule has 0 aliphatic rings. The van der Waals surface area contributed by atoms with Gasteiger partial charge in [-0.2, -0.15) is 0 Å². The van der Waals surface area contributed by atoms with Gasteiger partial charge >= 0.3 is 23.9 Å². The van der Waals surface area contributed by atoms with Crippen LogP contribution in [0.15, 0.2) is 0 Å². The lowest BCUT2D eigenvalue weighted by molar-refractivity contribution is -0.147. The van der Waals surface area contributed by atoms with Gasteiger partial charge in [0.25, 0.3) is 0 Å². The van der Waals surface area contributed by atoms with Crippen LogP contribution in [-0.4, -0.2) is 44.3 Å². The topological polar surface area (TPSA) is 149 Å². The molecule has 4 N–H and O–H groups in total. The number of hydrogen-bond acceptors (Lipinski definition) is 4. The normalized spacial score (nSPS) is 9.45. The molecule has 8 heteroatoms. The van der Waals surface area contributed by atoms with Crippen molar-refractivity contribution in [2.45, 2.75) is 64.2 Å². The van der Waals surface area contributed by atoms with Crippen LogP contribution < -0.4 is 0 Å². The minimum absolute atomic E-state index is 0.263. The monoisotopic (exact) mass is 320 g/mol. The molecule has 0 fully saturated rings. The number of carbonyl (C=O) groups is 4. The third kappa shape index (κ3) is 26.4. The molecule has 0 unspecified atom stereocenters. The van der Waals surface area contributed by atoms with E-state index in [0.717, 1.165) is 44.9 Å². The van der Waals surface area contributed by atoms with E-state index in [0.29, 0.717) is 0 Å². The van der Waals surface area contributed by atoms with Crippen molar-refractivity contribution in [3.8, 4) is 0 Å². The van der Waals surface area contributed by atoms with Crippen LogP contribution in [0.1, 0.15) is 64.2 Å². The molecule has 0 saturated heterocycles. The van der Waals surface area contributed by atoms with Crippen LogP contribution in [0.25, 0.3) is 0 Å². The Morgan fingerprint density at radius 2 is 0.727 bits per heavy atom. The Morgan fingerprint density at radius 3 is 0.909 bits per heavy atom. The van der Waals surface area contributed by atoms with E-state index in [2.05, 4.69) is 0 Å². The highest BCUT2D eigenvalue weighted by Gasteiger charge is 2.01. The van der Waals surface area contributed by atoms with Crippen LogP contribution in [0, 0.1) is 0 Å². The van der Waals surface area contributed by atoms with Crippen molar-refractivity contribution in [3.63, 3.8) is 0 Å². The van der Waals surface area contributed by atoms with E-state index >= 15 is 0 Å². The zero-order valence-corrected chi connectivity index (χ0v) is 12.5. The number of carboxylic acids is 4. The molecule has 0 amide bonds. The molecule has 0 bridgehead atoms. The van der Waals surface area contributed by atoms with E-state index in [-0.39, 0.29) is 12.8 Å². The van der Waals surface area contributed by atoms with Crippen molar-refractivity contribution in [2.75, 3.05) is 0 Å². The van der Waals surface area contributed by atoms with Crippen LogP contribution in [0.2, 0.25) is 0 Å². The third-order valence-electron chi connectivity index (χ3n) is 2.58. The van der Waals surface area contributed by atoms with Crippen LogP contribution in [0.4, 0.5) is 0 Å². The predicted octanol–water partition coefficient (Wildman–Crippen LogP) is 2.21. The molecule has 0 aliphatic heterocycles. The average molecular weight is 320 g/mol. The highest BCUT2D eigenvalue weighted by Crippen LogP contribution is 2.09. The molecule has 0 aromatic rings. The molecule has 8 nitrogen and oxygen atoms in total. The lowest BCUT2D eigenvalue weighted by Crippen LogP contribution is -2.03. The van der Waals surface area contributed by atoms with Crippen molar-refractivity contribution in [1.82, 2.24) is 0 Å². The van der Waals surface area contributed by atoms with Gasteiger partial charge in [0.1, 0.15) is 6.42 Å². The molecule has 0 saturated carbocycles. The number of carboxylic acid groups (broad SMARTS) is 4. The van der Waals surface area contributed by atoms with E-state index in [4.69, 9.17) is 20.4 Å². The number of rotatable bonds is 12. The largest absolute Gasteiger partial charge is 0.481 e. The maximum Gasteiger partial charge on any atom is 0.314 e. The fourth-order valence-electron chi connectivity index (χ4n) is 1.57. The minimum Gasteiger partial charge on any atom is -0.481 e. The summed E-state index contributed by atoms with van der Waals surface area (Å²) in [7, 11) is 0. The summed E-state index contributed by atoms with van der Waals surface area (Å²) in [5.41, 5.74) is 0. The highest BCUT2D eigenvalue weighted by atomic mass is 16.4. The van der Waals surface area contributed by atoms with Crippen molar-refractivity contribution < 1.29 is 39.6 Å². The minimum atomic E-state index is -1.31. The van der Waals surface area contributed by atoms with Crippen LogP contribution in [0.3, 0.4) is 0 Å². The standard InChI is InChI=1S/C11H20O4.C3H4O4/c12-10(13)8-6-4-2-1-3-5-7-9-11(14)15;4-2(5)1-3(6)7/h1-9H2,(H,12,13)(H,14,15);1H2,(H,4,5)(H,6,7). The van der Waals surface area contributed by atoms with E-state index in [1.54, 1.807) is 0 Å². The highest BCUT2D eigenvalue weighted by molar-refractivity contribution is 5.88. The molecule has 0 aliphatic carbocycles. The fraction of sp³-hybridized carbons (Fsp3) is 0.714. The van der Waals surface area contributed by atoms with Gasteiger partial charge in [-0.1, -0.05) is 32.1 Å². The predicted molar refractivity (Wildman–Crippen MR) is 76.7 cm³/mol. The molecule has 0 aromatic carbocycles. The van der Waals surface area contributed by atoms with E-state index in [1.165, 1.54) is 0 Å². The first-order valence-corrected chi connectivity index (χ1v) is 7.13. The van der Waals surface area contributed by atoms with Gasteiger partial charge in [-0.15, -0.1) is 0 Å². The summed E-state index contributed by atoms with van der Waals surface area (Å²) in [5.74, 6) is -4.08. The molecule has 0 spiro atoms. The van der Waals surface area contributed by atoms with Gasteiger partial charge in [0.2, 0.25) is 0 Å². The fourth-order valence-corrected chi connectivity index (χ4v) is 1.57. The van der Waals surface area contributed by atoms with Crippen molar-refractivity contribution >= 4 is 23.9 Å². The Hall–Kier alpha value is -2.12. The molecule has 0 rings (SSSR count). The Morgan fingerprint density at radius 1 is 0.455 bits per heavy atom. The summed E-state index contributed by atoms with van der Waals surface area (Å²) in [5, 5.41) is 32.2. The van der Waals surface area contributed by atoms with Crippen LogP contribution >= 0.6 is 0 Å². The summed E-state index contributed by atoms with van der Waals surface area (Å²) >= 11 is 0.